The van der Waals surface area contributed by atoms with E-state index >= 15 is 0 Å². The van der Waals surface area contributed by atoms with Crippen molar-refractivity contribution < 1.29 is 15.0 Å². The van der Waals surface area contributed by atoms with Crippen LogP contribution in [0.15, 0.2) is 0 Å². The van der Waals surface area contributed by atoms with Gasteiger partial charge < -0.3 is 10.2 Å². The molecule has 0 aromatic carbocycles. The Hall–Kier alpha value is -0.570. The summed E-state index contributed by atoms with van der Waals surface area (Å²) in [6.45, 7) is 1.63. The highest BCUT2D eigenvalue weighted by atomic mass is 16.4. The zero-order chi connectivity index (χ0) is 9.64. The van der Waals surface area contributed by atoms with Gasteiger partial charge in [-0.15, -0.1) is 0 Å². The number of carboxylic acids is 1. The quantitative estimate of drug-likeness (QED) is 0.679. The Morgan fingerprint density at radius 1 is 1.54 bits per heavy atom. The molecular formula is C10H16O3. The third-order valence-corrected chi connectivity index (χ3v) is 3.98. The van der Waals surface area contributed by atoms with E-state index in [-0.39, 0.29) is 5.92 Å². The molecule has 0 radical (unpaired) electrons. The van der Waals surface area contributed by atoms with Crippen molar-refractivity contribution in [3.8, 4) is 0 Å². The minimum Gasteiger partial charge on any atom is -0.481 e. The van der Waals surface area contributed by atoms with E-state index in [4.69, 9.17) is 5.11 Å². The van der Waals surface area contributed by atoms with Gasteiger partial charge in [0.25, 0.3) is 0 Å². The van der Waals surface area contributed by atoms with Gasteiger partial charge in [-0.3, -0.25) is 4.79 Å². The monoisotopic (exact) mass is 184 g/mol. The summed E-state index contributed by atoms with van der Waals surface area (Å²) in [5, 5.41) is 19.1. The van der Waals surface area contributed by atoms with Crippen LogP contribution in [0.2, 0.25) is 0 Å². The van der Waals surface area contributed by atoms with Crippen LogP contribution in [-0.2, 0) is 4.79 Å². The molecule has 13 heavy (non-hydrogen) atoms. The van der Waals surface area contributed by atoms with Gasteiger partial charge in [-0.1, -0.05) is 0 Å². The Labute approximate surface area is 77.8 Å². The third kappa shape index (κ3) is 1.17. The molecule has 0 aliphatic heterocycles. The number of hydrogen-bond acceptors (Lipinski definition) is 2. The normalized spacial score (nSPS) is 45.1. The van der Waals surface area contributed by atoms with Crippen molar-refractivity contribution in [1.82, 2.24) is 0 Å². The number of fused-ring (bicyclic) bond motifs is 2. The van der Waals surface area contributed by atoms with Crippen LogP contribution in [0.25, 0.3) is 0 Å². The number of aliphatic carboxylic acids is 1. The number of carbonyl (C=O) groups is 1. The minimum absolute atomic E-state index is 0.239. The number of carboxylic acid groups (broad SMARTS) is 1. The summed E-state index contributed by atoms with van der Waals surface area (Å²) in [4.78, 5) is 10.8. The van der Waals surface area contributed by atoms with Crippen LogP contribution in [-0.4, -0.2) is 21.8 Å². The van der Waals surface area contributed by atoms with Gasteiger partial charge in [-0.05, 0) is 44.4 Å². The molecular weight excluding hydrogens is 168 g/mol. The van der Waals surface area contributed by atoms with Crippen LogP contribution < -0.4 is 0 Å². The zero-order valence-corrected chi connectivity index (χ0v) is 7.86. The fourth-order valence-corrected chi connectivity index (χ4v) is 3.09. The predicted octanol–water partition coefficient (Wildman–Crippen LogP) is 1.26. The Balaban J connectivity index is 2.17. The summed E-state index contributed by atoms with van der Waals surface area (Å²) in [5.74, 6) is -0.654. The van der Waals surface area contributed by atoms with Gasteiger partial charge in [0.05, 0.1) is 11.5 Å². The van der Waals surface area contributed by atoms with E-state index in [1.165, 1.54) is 6.42 Å². The third-order valence-electron chi connectivity index (χ3n) is 3.98. The summed E-state index contributed by atoms with van der Waals surface area (Å²) in [6, 6.07) is 0. The van der Waals surface area contributed by atoms with E-state index in [1.54, 1.807) is 6.92 Å². The van der Waals surface area contributed by atoms with Crippen molar-refractivity contribution in [2.45, 2.75) is 38.2 Å². The van der Waals surface area contributed by atoms with Gasteiger partial charge in [0.2, 0.25) is 0 Å². The Kier molecular flexibility index (Phi) is 1.88. The standard InChI is InChI=1S/C10H16O3/c1-6(9(11)12)10(13)5-7-2-3-8(10)4-7/h6-8,13H,2-5H2,1H3,(H,11,12). The molecule has 0 heterocycles. The molecule has 3 heteroatoms. The maximum absolute atomic E-state index is 10.8. The van der Waals surface area contributed by atoms with Crippen LogP contribution in [0, 0.1) is 17.8 Å². The van der Waals surface area contributed by atoms with Gasteiger partial charge in [0.15, 0.2) is 0 Å². The molecule has 2 rings (SSSR count). The molecule has 0 saturated heterocycles. The zero-order valence-electron chi connectivity index (χ0n) is 7.86. The molecule has 2 N–H and O–H groups in total. The Bertz CT molecular complexity index is 238. The van der Waals surface area contributed by atoms with E-state index in [1.807, 2.05) is 0 Å². The average Bonchev–Trinajstić information content (AvgIpc) is 2.62. The van der Waals surface area contributed by atoms with Crippen LogP contribution in [0.5, 0.6) is 0 Å². The second-order valence-corrected chi connectivity index (χ2v) is 4.63. The molecule has 0 amide bonds. The molecule has 0 aromatic rings. The largest absolute Gasteiger partial charge is 0.481 e. The fourth-order valence-electron chi connectivity index (χ4n) is 3.09. The molecule has 4 unspecified atom stereocenters. The van der Waals surface area contributed by atoms with Crippen LogP contribution in [0.4, 0.5) is 0 Å². The molecule has 0 spiro atoms. The van der Waals surface area contributed by atoms with E-state index in [0.717, 1.165) is 12.8 Å². The van der Waals surface area contributed by atoms with Gasteiger partial charge in [-0.2, -0.15) is 0 Å². The van der Waals surface area contributed by atoms with E-state index in [9.17, 15) is 9.90 Å². The van der Waals surface area contributed by atoms with E-state index < -0.39 is 17.5 Å². The molecule has 74 valence electrons. The maximum atomic E-state index is 10.8. The topological polar surface area (TPSA) is 57.5 Å². The van der Waals surface area contributed by atoms with Gasteiger partial charge in [0.1, 0.15) is 0 Å². The Morgan fingerprint density at radius 2 is 2.23 bits per heavy atom. The number of aliphatic hydroxyl groups is 1. The lowest BCUT2D eigenvalue weighted by Gasteiger charge is -2.35. The Morgan fingerprint density at radius 3 is 2.62 bits per heavy atom. The van der Waals surface area contributed by atoms with Crippen molar-refractivity contribution >= 4 is 5.97 Å². The molecule has 3 nitrogen and oxygen atoms in total. The van der Waals surface area contributed by atoms with Crippen molar-refractivity contribution in [1.29, 1.82) is 0 Å². The highest BCUT2D eigenvalue weighted by Crippen LogP contribution is 2.53. The smallest absolute Gasteiger partial charge is 0.309 e. The first-order chi connectivity index (χ1) is 6.04. The lowest BCUT2D eigenvalue weighted by molar-refractivity contribution is -0.155. The lowest BCUT2D eigenvalue weighted by atomic mass is 9.76. The molecule has 4 atom stereocenters. The summed E-state index contributed by atoms with van der Waals surface area (Å²) in [6.07, 6.45) is 3.93. The predicted molar refractivity (Wildman–Crippen MR) is 47.2 cm³/mol. The summed E-state index contributed by atoms with van der Waals surface area (Å²) >= 11 is 0. The highest BCUT2D eigenvalue weighted by molar-refractivity contribution is 5.71. The van der Waals surface area contributed by atoms with Gasteiger partial charge >= 0.3 is 5.97 Å². The highest BCUT2D eigenvalue weighted by Gasteiger charge is 2.54. The van der Waals surface area contributed by atoms with Crippen LogP contribution in [0.3, 0.4) is 0 Å². The molecule has 2 fully saturated rings. The molecule has 2 aliphatic carbocycles. The van der Waals surface area contributed by atoms with Crippen molar-refractivity contribution in [3.63, 3.8) is 0 Å². The first kappa shape index (κ1) is 9.00. The maximum Gasteiger partial charge on any atom is 0.309 e. The van der Waals surface area contributed by atoms with Crippen molar-refractivity contribution in [2.24, 2.45) is 17.8 Å². The first-order valence-electron chi connectivity index (χ1n) is 4.99. The fraction of sp³-hybridized carbons (Fsp3) is 0.900. The number of hydrogen-bond donors (Lipinski definition) is 2. The SMILES string of the molecule is CC(C(=O)O)C1(O)CC2CCC1C2. The van der Waals surface area contributed by atoms with E-state index in [0.29, 0.717) is 12.3 Å². The van der Waals surface area contributed by atoms with Crippen molar-refractivity contribution in [2.75, 3.05) is 0 Å². The summed E-state index contributed by atoms with van der Waals surface area (Å²) in [7, 11) is 0. The van der Waals surface area contributed by atoms with Crippen molar-refractivity contribution in [3.05, 3.63) is 0 Å². The summed E-state index contributed by atoms with van der Waals surface area (Å²) < 4.78 is 0. The van der Waals surface area contributed by atoms with Crippen LogP contribution >= 0.6 is 0 Å². The first-order valence-corrected chi connectivity index (χ1v) is 4.99. The second-order valence-electron chi connectivity index (χ2n) is 4.63. The molecule has 2 bridgehead atoms. The lowest BCUT2D eigenvalue weighted by Crippen LogP contribution is -2.45. The molecule has 0 aromatic heterocycles. The van der Waals surface area contributed by atoms with E-state index in [2.05, 4.69) is 0 Å². The number of rotatable bonds is 2. The van der Waals surface area contributed by atoms with Gasteiger partial charge in [-0.25, -0.2) is 0 Å². The minimum atomic E-state index is -0.908. The molecule has 2 aliphatic rings. The molecule has 2 saturated carbocycles. The van der Waals surface area contributed by atoms with Gasteiger partial charge in [0, 0.05) is 0 Å². The summed E-state index contributed by atoms with van der Waals surface area (Å²) in [5.41, 5.74) is -0.908. The van der Waals surface area contributed by atoms with Crippen LogP contribution in [0.1, 0.15) is 32.6 Å². The second kappa shape index (κ2) is 2.71. The average molecular weight is 184 g/mol.